The molecule has 4 rings (SSSR count). The van der Waals surface area contributed by atoms with E-state index in [0.29, 0.717) is 57.7 Å². The lowest BCUT2D eigenvalue weighted by molar-refractivity contribution is -0.245. The van der Waals surface area contributed by atoms with Crippen LogP contribution < -0.4 is 15.5 Å². The fraction of sp³-hybridized carbons (Fsp3) is 0.714. The van der Waals surface area contributed by atoms with E-state index in [1.165, 1.54) is 12.1 Å². The molecule has 316 valence electrons. The van der Waals surface area contributed by atoms with Gasteiger partial charge in [-0.25, -0.2) is 14.6 Å². The van der Waals surface area contributed by atoms with Crippen molar-refractivity contribution in [3.63, 3.8) is 0 Å². The zero-order valence-corrected chi connectivity index (χ0v) is 32.1. The summed E-state index contributed by atoms with van der Waals surface area (Å²) in [5.74, 6) is -3.35. The van der Waals surface area contributed by atoms with Crippen LogP contribution in [0.3, 0.4) is 0 Å². The summed E-state index contributed by atoms with van der Waals surface area (Å²) in [7, 11) is 0. The van der Waals surface area contributed by atoms with E-state index < -0.39 is 30.1 Å². The second-order valence-corrected chi connectivity index (χ2v) is 15.6. The van der Waals surface area contributed by atoms with Crippen LogP contribution in [0.25, 0.3) is 0 Å². The van der Waals surface area contributed by atoms with Crippen LogP contribution in [0.1, 0.15) is 31.2 Å². The SMILES string of the molecule is O=C(O)CN1CCN(CCOO)CCN(CCOO)CCN(CC(=O)O)C(Cc2ccc(N(CCCCCC3SCC4NC(=O)NC43)C(=O)C(F)(F)F)cc2)C1. The summed E-state index contributed by atoms with van der Waals surface area (Å²) in [6.07, 6.45) is -2.46. The first kappa shape index (κ1) is 45.4. The summed E-state index contributed by atoms with van der Waals surface area (Å²) >= 11 is 1.76. The highest BCUT2D eigenvalue weighted by atomic mass is 32.2. The smallest absolute Gasteiger partial charge is 0.471 e. The van der Waals surface area contributed by atoms with Gasteiger partial charge in [0.1, 0.15) is 0 Å². The highest BCUT2D eigenvalue weighted by molar-refractivity contribution is 8.00. The van der Waals surface area contributed by atoms with Gasteiger partial charge in [0.2, 0.25) is 0 Å². The number of aliphatic carboxylic acids is 2. The average molecular weight is 822 g/mol. The summed E-state index contributed by atoms with van der Waals surface area (Å²) in [4.78, 5) is 65.0. The van der Waals surface area contributed by atoms with Crippen LogP contribution in [-0.2, 0) is 30.6 Å². The molecule has 3 aliphatic rings. The number of thioether (sulfide) groups is 1. The molecule has 21 heteroatoms. The minimum absolute atomic E-state index is 0.00788. The Labute approximate surface area is 327 Å². The Kier molecular flexibility index (Phi) is 18.3. The Hall–Kier alpha value is -3.28. The Bertz CT molecular complexity index is 1420. The minimum atomic E-state index is -5.10. The van der Waals surface area contributed by atoms with Gasteiger partial charge in [-0.05, 0) is 37.0 Å². The Morgan fingerprint density at radius 2 is 1.45 bits per heavy atom. The lowest BCUT2D eigenvalue weighted by Gasteiger charge is -2.38. The maximum atomic E-state index is 13.8. The molecule has 3 fully saturated rings. The first-order valence-corrected chi connectivity index (χ1v) is 19.9. The van der Waals surface area contributed by atoms with E-state index >= 15 is 0 Å². The van der Waals surface area contributed by atoms with Crippen molar-refractivity contribution in [2.45, 2.75) is 61.7 Å². The van der Waals surface area contributed by atoms with Gasteiger partial charge in [-0.3, -0.25) is 44.5 Å². The van der Waals surface area contributed by atoms with E-state index in [0.717, 1.165) is 23.5 Å². The molecule has 1 aromatic carbocycles. The van der Waals surface area contributed by atoms with Gasteiger partial charge in [0.15, 0.2) is 0 Å². The molecule has 0 radical (unpaired) electrons. The number of anilines is 1. The van der Waals surface area contributed by atoms with E-state index in [9.17, 15) is 42.6 Å². The van der Waals surface area contributed by atoms with Crippen molar-refractivity contribution in [2.24, 2.45) is 0 Å². The van der Waals surface area contributed by atoms with Crippen LogP contribution in [-0.4, -0.2) is 191 Å². The third-order valence-corrected chi connectivity index (χ3v) is 11.9. The van der Waals surface area contributed by atoms with Gasteiger partial charge in [0.05, 0.1) is 38.4 Å². The van der Waals surface area contributed by atoms with E-state index in [2.05, 4.69) is 20.4 Å². The molecule has 0 spiro atoms. The lowest BCUT2D eigenvalue weighted by Crippen LogP contribution is -2.53. The number of amides is 3. The van der Waals surface area contributed by atoms with Crippen molar-refractivity contribution in [3.8, 4) is 0 Å². The second kappa shape index (κ2) is 22.6. The molecule has 1 aromatic rings. The number of alkyl halides is 3. The molecule has 3 saturated heterocycles. The van der Waals surface area contributed by atoms with Crippen molar-refractivity contribution in [3.05, 3.63) is 29.8 Å². The predicted molar refractivity (Wildman–Crippen MR) is 200 cm³/mol. The number of carboxylic acids is 2. The molecule has 6 N–H and O–H groups in total. The zero-order valence-electron chi connectivity index (χ0n) is 31.3. The number of nitrogens with one attached hydrogen (secondary N) is 2. The molecule has 3 amide bonds. The molecule has 56 heavy (non-hydrogen) atoms. The number of hydrogen-bond donors (Lipinski definition) is 6. The molecule has 4 atom stereocenters. The molecule has 17 nitrogen and oxygen atoms in total. The zero-order chi connectivity index (χ0) is 40.7. The van der Waals surface area contributed by atoms with Crippen molar-refractivity contribution in [2.75, 3.05) is 102 Å². The standard InChI is InChI=1S/C35H54F3N7O10S/c36-35(37,38)33(50)45(9-3-1-2-4-29-32-28(24-56-29)39-34(51)40-32)26-7-5-25(6-8-26)20-27-21-43(22-30(46)47)13-12-41(16-18-54-52)10-11-42(17-19-55-53)14-15-44(27)23-31(48)49/h5-8,27-29,32,52-53H,1-4,9-24H2,(H,46,47)(H,48,49)(H2,39,40,51). The number of unbranched alkanes of at least 4 members (excludes halogenated alkanes) is 2. The van der Waals surface area contributed by atoms with Gasteiger partial charge in [-0.2, -0.15) is 24.9 Å². The molecule has 0 bridgehead atoms. The first-order valence-electron chi connectivity index (χ1n) is 18.8. The third-order valence-electron chi connectivity index (χ3n) is 10.4. The monoisotopic (exact) mass is 821 g/mol. The van der Waals surface area contributed by atoms with Crippen LogP contribution in [0, 0.1) is 0 Å². The fourth-order valence-corrected chi connectivity index (χ4v) is 9.01. The minimum Gasteiger partial charge on any atom is -0.480 e. The topological polar surface area (TPSA) is 208 Å². The number of carboxylic acid groups (broad SMARTS) is 2. The summed E-state index contributed by atoms with van der Waals surface area (Å²) in [6, 6.07) is 5.45. The van der Waals surface area contributed by atoms with Crippen LogP contribution in [0.5, 0.6) is 0 Å². The normalized spacial score (nSPS) is 23.5. The van der Waals surface area contributed by atoms with E-state index in [1.54, 1.807) is 33.7 Å². The number of carbonyl (C=O) groups excluding carboxylic acids is 2. The molecule has 3 heterocycles. The molecular weight excluding hydrogens is 767 g/mol. The molecular formula is C35H54F3N7O10S. The van der Waals surface area contributed by atoms with Crippen LogP contribution in [0.15, 0.2) is 24.3 Å². The number of rotatable bonds is 19. The van der Waals surface area contributed by atoms with Gasteiger partial charge in [0.25, 0.3) is 0 Å². The molecule has 0 saturated carbocycles. The van der Waals surface area contributed by atoms with Crippen LogP contribution in [0.2, 0.25) is 0 Å². The maximum absolute atomic E-state index is 13.8. The maximum Gasteiger partial charge on any atom is 0.471 e. The Morgan fingerprint density at radius 1 is 0.839 bits per heavy atom. The first-order chi connectivity index (χ1) is 26.8. The number of fused-ring (bicyclic) bond motifs is 1. The van der Waals surface area contributed by atoms with Crippen LogP contribution in [0.4, 0.5) is 23.7 Å². The second-order valence-electron chi connectivity index (χ2n) is 14.3. The van der Waals surface area contributed by atoms with Crippen molar-refractivity contribution in [1.82, 2.24) is 30.2 Å². The lowest BCUT2D eigenvalue weighted by atomic mass is 10.0. The predicted octanol–water partition coefficient (Wildman–Crippen LogP) is 1.59. The van der Waals surface area contributed by atoms with Crippen LogP contribution >= 0.6 is 11.8 Å². The number of carbonyl (C=O) groups is 4. The number of nitrogens with zero attached hydrogens (tertiary/aromatic N) is 5. The Balaban J connectivity index is 1.49. The highest BCUT2D eigenvalue weighted by Crippen LogP contribution is 2.33. The summed E-state index contributed by atoms with van der Waals surface area (Å²) in [5, 5.41) is 43.6. The highest BCUT2D eigenvalue weighted by Gasteiger charge is 2.44. The van der Waals surface area contributed by atoms with Gasteiger partial charge < -0.3 is 25.7 Å². The van der Waals surface area contributed by atoms with Gasteiger partial charge in [-0.1, -0.05) is 25.0 Å². The van der Waals surface area contributed by atoms with Crippen molar-refractivity contribution in [1.29, 1.82) is 0 Å². The molecule has 0 aromatic heterocycles. The van der Waals surface area contributed by atoms with Gasteiger partial charge >= 0.3 is 30.1 Å². The van der Waals surface area contributed by atoms with E-state index in [1.807, 2.05) is 9.80 Å². The number of urea groups is 1. The quantitative estimate of drug-likeness (QED) is 0.0507. The summed E-state index contributed by atoms with van der Waals surface area (Å²) < 4.78 is 41.3. The van der Waals surface area contributed by atoms with Gasteiger partial charge in [0, 0.05) is 88.2 Å². The van der Waals surface area contributed by atoms with Gasteiger partial charge in [-0.15, -0.1) is 0 Å². The third kappa shape index (κ3) is 14.6. The number of hydrogen-bond acceptors (Lipinski definition) is 13. The van der Waals surface area contributed by atoms with Crippen molar-refractivity contribution < 1.29 is 62.9 Å². The Morgan fingerprint density at radius 3 is 2.04 bits per heavy atom. The summed E-state index contributed by atoms with van der Waals surface area (Å²) in [6.45, 7) is 2.34. The van der Waals surface area contributed by atoms with E-state index in [4.69, 9.17) is 10.5 Å². The number of benzene rings is 1. The largest absolute Gasteiger partial charge is 0.480 e. The molecule has 3 aliphatic heterocycles. The average Bonchev–Trinajstić information content (AvgIpc) is 3.70. The van der Waals surface area contributed by atoms with E-state index in [-0.39, 0.29) is 88.0 Å². The summed E-state index contributed by atoms with van der Waals surface area (Å²) in [5.41, 5.74) is 0.705. The van der Waals surface area contributed by atoms with Crippen molar-refractivity contribution >= 4 is 41.3 Å². The molecule has 4 unspecified atom stereocenters. The number of halogens is 3. The fourth-order valence-electron chi connectivity index (χ4n) is 7.46. The molecule has 0 aliphatic carbocycles.